The van der Waals surface area contributed by atoms with E-state index < -0.39 is 13.2 Å². The second kappa shape index (κ2) is 8.49. The number of rotatable bonds is 6. The monoisotopic (exact) mass is 347 g/mol. The summed E-state index contributed by atoms with van der Waals surface area (Å²) in [6.07, 6.45) is 1.89. The van der Waals surface area contributed by atoms with Crippen molar-refractivity contribution in [3.8, 4) is 5.75 Å². The predicted octanol–water partition coefficient (Wildman–Crippen LogP) is 0.841. The molecule has 2 unspecified atom stereocenters. The van der Waals surface area contributed by atoms with Crippen LogP contribution >= 0.6 is 0 Å². The maximum atomic E-state index is 12.9. The number of carbonyl (C=O) groups is 2. The lowest BCUT2D eigenvalue weighted by atomic mass is 9.77. The van der Waals surface area contributed by atoms with E-state index in [1.807, 2.05) is 18.7 Å². The molecule has 0 spiro atoms. The summed E-state index contributed by atoms with van der Waals surface area (Å²) in [6, 6.07) is 4.58. The first kappa shape index (κ1) is 19.5. The molecule has 25 heavy (non-hydrogen) atoms. The molecule has 2 rings (SSSR count). The number of carbonyl (C=O) groups excluding carboxylic acids is 2. The Balaban J connectivity index is 2.26. The topological polar surface area (TPSA) is 87.1 Å². The van der Waals surface area contributed by atoms with E-state index in [-0.39, 0.29) is 28.6 Å². The molecule has 1 aliphatic heterocycles. The molecule has 2 N–H and O–H groups in total. The molecule has 1 saturated heterocycles. The van der Waals surface area contributed by atoms with Crippen LogP contribution in [-0.4, -0.2) is 53.5 Å². The molecule has 1 heterocycles. The van der Waals surface area contributed by atoms with Crippen LogP contribution in [0.4, 0.5) is 0 Å². The second-order valence-corrected chi connectivity index (χ2v) is 7.06. The smallest absolute Gasteiger partial charge is 0.480 e. The Morgan fingerprint density at radius 1 is 1.40 bits per heavy atom. The van der Waals surface area contributed by atoms with E-state index in [0.29, 0.717) is 25.3 Å². The van der Waals surface area contributed by atoms with Crippen LogP contribution in [-0.2, 0) is 4.79 Å². The first-order valence-electron chi connectivity index (χ1n) is 8.74. The van der Waals surface area contributed by atoms with E-state index in [2.05, 4.69) is 6.92 Å². The molecule has 0 saturated carbocycles. The fraction of sp³-hybridized carbons (Fsp3) is 0.556. The molecule has 7 heteroatoms. The lowest BCUT2D eigenvalue weighted by Crippen LogP contribution is -2.48. The summed E-state index contributed by atoms with van der Waals surface area (Å²) in [7, 11) is -1.78. The van der Waals surface area contributed by atoms with Gasteiger partial charge in [-0.25, -0.2) is 0 Å². The van der Waals surface area contributed by atoms with Crippen LogP contribution in [0.25, 0.3) is 0 Å². The molecule has 0 aromatic heterocycles. The number of likely N-dealkylation sites (tertiary alicyclic amines) is 1. The minimum absolute atomic E-state index is 0.0583. The summed E-state index contributed by atoms with van der Waals surface area (Å²) in [5.74, 6) is 0.474. The molecule has 0 radical (unpaired) electrons. The van der Waals surface area contributed by atoms with Gasteiger partial charge >= 0.3 is 7.12 Å². The van der Waals surface area contributed by atoms with Crippen molar-refractivity contribution < 1.29 is 24.4 Å². The van der Waals surface area contributed by atoms with Gasteiger partial charge in [0.2, 0.25) is 0 Å². The summed E-state index contributed by atoms with van der Waals surface area (Å²) in [6.45, 7) is 7.33. The highest BCUT2D eigenvalue weighted by molar-refractivity contribution is 6.60. The van der Waals surface area contributed by atoms with Gasteiger partial charge in [-0.3, -0.25) is 9.59 Å². The van der Waals surface area contributed by atoms with Gasteiger partial charge in [-0.15, -0.1) is 0 Å². The number of benzene rings is 1. The van der Waals surface area contributed by atoms with Crippen LogP contribution in [0.15, 0.2) is 18.2 Å². The van der Waals surface area contributed by atoms with Crippen molar-refractivity contribution in [2.24, 2.45) is 11.8 Å². The molecule has 1 aromatic rings. The fourth-order valence-electron chi connectivity index (χ4n) is 3.19. The summed E-state index contributed by atoms with van der Waals surface area (Å²) < 4.78 is 5.89. The van der Waals surface area contributed by atoms with Crippen LogP contribution in [0, 0.1) is 11.8 Å². The second-order valence-electron chi connectivity index (χ2n) is 7.06. The zero-order valence-electron chi connectivity index (χ0n) is 15.0. The van der Waals surface area contributed by atoms with Crippen LogP contribution in [0.3, 0.4) is 0 Å². The first-order valence-corrected chi connectivity index (χ1v) is 8.74. The van der Waals surface area contributed by atoms with Crippen LogP contribution < -0.4 is 10.2 Å². The van der Waals surface area contributed by atoms with E-state index >= 15 is 0 Å². The molecular weight excluding hydrogens is 321 g/mol. The zero-order chi connectivity index (χ0) is 18.6. The highest BCUT2D eigenvalue weighted by Gasteiger charge is 2.32. The maximum absolute atomic E-state index is 12.9. The standard InChI is InChI=1S/C18H26BNO5/c1-12(2)17(18(22)20-9-5-6-13(3)10-20)25-16-8-4-7-15(19(23)24)14(16)11-21/h4,7-8,11-13,17,23-24H,5-6,9-10H2,1-3H3. The molecule has 6 nitrogen and oxygen atoms in total. The van der Waals surface area contributed by atoms with Crippen molar-refractivity contribution >= 4 is 24.8 Å². The van der Waals surface area contributed by atoms with Gasteiger partial charge in [0.1, 0.15) is 5.75 Å². The number of aldehydes is 1. The van der Waals surface area contributed by atoms with Gasteiger partial charge in [0.25, 0.3) is 5.91 Å². The Morgan fingerprint density at radius 2 is 2.12 bits per heavy atom. The number of hydrogen-bond acceptors (Lipinski definition) is 5. The third kappa shape index (κ3) is 4.61. The molecule has 136 valence electrons. The van der Waals surface area contributed by atoms with Gasteiger partial charge in [0.05, 0.1) is 5.56 Å². The summed E-state index contributed by atoms with van der Waals surface area (Å²) >= 11 is 0. The van der Waals surface area contributed by atoms with E-state index in [0.717, 1.165) is 12.8 Å². The molecule has 1 fully saturated rings. The van der Waals surface area contributed by atoms with E-state index in [1.165, 1.54) is 6.07 Å². The highest BCUT2D eigenvalue weighted by atomic mass is 16.5. The molecule has 1 amide bonds. The minimum Gasteiger partial charge on any atom is -0.480 e. The van der Waals surface area contributed by atoms with E-state index in [1.54, 1.807) is 12.1 Å². The van der Waals surface area contributed by atoms with Crippen LogP contribution in [0.2, 0.25) is 0 Å². The van der Waals surface area contributed by atoms with Crippen LogP contribution in [0.1, 0.15) is 44.0 Å². The van der Waals surface area contributed by atoms with Crippen molar-refractivity contribution in [3.63, 3.8) is 0 Å². The summed E-state index contributed by atoms with van der Waals surface area (Å²) in [4.78, 5) is 26.2. The van der Waals surface area contributed by atoms with Gasteiger partial charge in [-0.05, 0) is 36.2 Å². The average molecular weight is 347 g/mol. The van der Waals surface area contributed by atoms with E-state index in [9.17, 15) is 19.6 Å². The minimum atomic E-state index is -1.78. The Labute approximate surface area is 148 Å². The largest absolute Gasteiger partial charge is 0.489 e. The van der Waals surface area contributed by atoms with Crippen molar-refractivity contribution in [1.82, 2.24) is 4.90 Å². The third-order valence-electron chi connectivity index (χ3n) is 4.57. The van der Waals surface area contributed by atoms with Crippen molar-refractivity contribution in [2.45, 2.75) is 39.7 Å². The average Bonchev–Trinajstić information content (AvgIpc) is 2.58. The normalized spacial score (nSPS) is 18.8. The van der Waals surface area contributed by atoms with Crippen molar-refractivity contribution in [3.05, 3.63) is 23.8 Å². The molecule has 0 aliphatic carbocycles. The molecule has 0 bridgehead atoms. The SMILES string of the molecule is CC1CCCN(C(=O)C(Oc2cccc(B(O)O)c2C=O)C(C)C)C1. The summed E-state index contributed by atoms with van der Waals surface area (Å²) in [5, 5.41) is 18.8. The van der Waals surface area contributed by atoms with Gasteiger partial charge in [-0.2, -0.15) is 0 Å². The van der Waals surface area contributed by atoms with E-state index in [4.69, 9.17) is 4.74 Å². The Morgan fingerprint density at radius 3 is 2.68 bits per heavy atom. The molecular formula is C18H26BNO5. The number of nitrogens with zero attached hydrogens (tertiary/aromatic N) is 1. The fourth-order valence-corrected chi connectivity index (χ4v) is 3.19. The molecule has 2 atom stereocenters. The Hall–Kier alpha value is -1.86. The predicted molar refractivity (Wildman–Crippen MR) is 95.9 cm³/mol. The quantitative estimate of drug-likeness (QED) is 0.588. The number of amides is 1. The van der Waals surface area contributed by atoms with Gasteiger partial charge < -0.3 is 19.7 Å². The third-order valence-corrected chi connectivity index (χ3v) is 4.57. The maximum Gasteiger partial charge on any atom is 0.489 e. The van der Waals surface area contributed by atoms with Crippen molar-refractivity contribution in [1.29, 1.82) is 0 Å². The first-order chi connectivity index (χ1) is 11.8. The summed E-state index contributed by atoms with van der Waals surface area (Å²) in [5.41, 5.74) is 0.122. The number of hydrogen-bond donors (Lipinski definition) is 2. The zero-order valence-corrected chi connectivity index (χ0v) is 15.0. The van der Waals surface area contributed by atoms with Gasteiger partial charge in [0.15, 0.2) is 12.4 Å². The number of piperidine rings is 1. The van der Waals surface area contributed by atoms with Gasteiger partial charge in [0, 0.05) is 13.1 Å². The lowest BCUT2D eigenvalue weighted by molar-refractivity contribution is -0.142. The van der Waals surface area contributed by atoms with Gasteiger partial charge in [-0.1, -0.05) is 32.9 Å². The lowest BCUT2D eigenvalue weighted by Gasteiger charge is -2.34. The molecule has 1 aliphatic rings. The molecule has 1 aromatic carbocycles. The highest BCUT2D eigenvalue weighted by Crippen LogP contribution is 2.23. The Kier molecular flexibility index (Phi) is 6.61. The number of ether oxygens (including phenoxy) is 1. The van der Waals surface area contributed by atoms with Crippen molar-refractivity contribution in [2.75, 3.05) is 13.1 Å². The van der Waals surface area contributed by atoms with Crippen LogP contribution in [0.5, 0.6) is 5.75 Å². The Bertz CT molecular complexity index is 619.